The second-order valence-electron chi connectivity index (χ2n) is 6.31. The van der Waals surface area contributed by atoms with Crippen LogP contribution in [0.4, 0.5) is 17.5 Å². The van der Waals surface area contributed by atoms with Crippen LogP contribution in [0.3, 0.4) is 0 Å². The van der Waals surface area contributed by atoms with E-state index >= 15 is 0 Å². The number of pyridine rings is 1. The molecule has 3 N–H and O–H groups in total. The average Bonchev–Trinajstić information content (AvgIpc) is 2.69. The fourth-order valence-corrected chi connectivity index (χ4v) is 3.79. The van der Waals surface area contributed by atoms with E-state index < -0.39 is 16.1 Å². The van der Waals surface area contributed by atoms with Crippen LogP contribution < -0.4 is 16.0 Å². The standard InChI is InChI=1S/C16H22N8O3S/c1-22(2)28(26,27)24-9-7-23(8-10-24)13-11-19-15(17)14(21-13)16(25)20-12-5-3-4-6-18-12/h3-6,11H,7-10H2,1-2H3,(H2,17,19)(H,18,20,25). The first-order chi connectivity index (χ1) is 13.3. The van der Waals surface area contributed by atoms with Gasteiger partial charge in [0.2, 0.25) is 0 Å². The van der Waals surface area contributed by atoms with Crippen molar-refractivity contribution in [2.45, 2.75) is 0 Å². The van der Waals surface area contributed by atoms with E-state index in [1.54, 1.807) is 24.4 Å². The predicted molar refractivity (Wildman–Crippen MR) is 105 cm³/mol. The van der Waals surface area contributed by atoms with Gasteiger partial charge in [-0.15, -0.1) is 0 Å². The highest BCUT2D eigenvalue weighted by atomic mass is 32.2. The van der Waals surface area contributed by atoms with Crippen molar-refractivity contribution in [3.05, 3.63) is 36.3 Å². The van der Waals surface area contributed by atoms with Crippen LogP contribution in [-0.2, 0) is 10.2 Å². The number of rotatable bonds is 5. The molecule has 0 aliphatic carbocycles. The summed E-state index contributed by atoms with van der Waals surface area (Å²) in [5, 5.41) is 2.62. The molecular formula is C16H22N8O3S. The van der Waals surface area contributed by atoms with Gasteiger partial charge < -0.3 is 16.0 Å². The fourth-order valence-electron chi connectivity index (χ4n) is 2.70. The van der Waals surface area contributed by atoms with Gasteiger partial charge in [-0.1, -0.05) is 6.07 Å². The number of carbonyl (C=O) groups is 1. The van der Waals surface area contributed by atoms with Gasteiger partial charge in [-0.2, -0.15) is 17.0 Å². The lowest BCUT2D eigenvalue weighted by Gasteiger charge is -2.35. The summed E-state index contributed by atoms with van der Waals surface area (Å²) in [6.45, 7) is 1.46. The van der Waals surface area contributed by atoms with Crippen LogP contribution in [0.5, 0.6) is 0 Å². The number of amides is 1. The second kappa shape index (κ2) is 8.04. The molecule has 1 amide bonds. The van der Waals surface area contributed by atoms with Crippen LogP contribution in [0, 0.1) is 0 Å². The van der Waals surface area contributed by atoms with Crippen molar-refractivity contribution in [2.75, 3.05) is 56.2 Å². The van der Waals surface area contributed by atoms with E-state index in [0.717, 1.165) is 0 Å². The summed E-state index contributed by atoms with van der Waals surface area (Å²) in [7, 11) is -0.456. The van der Waals surface area contributed by atoms with Crippen molar-refractivity contribution >= 4 is 33.6 Å². The average molecular weight is 406 g/mol. The van der Waals surface area contributed by atoms with Crippen LogP contribution in [-0.4, -0.2) is 78.2 Å². The van der Waals surface area contributed by atoms with Crippen molar-refractivity contribution in [1.29, 1.82) is 0 Å². The topological polar surface area (TPSA) is 138 Å². The minimum absolute atomic E-state index is 0.00556. The summed E-state index contributed by atoms with van der Waals surface area (Å²) in [5.41, 5.74) is 5.81. The lowest BCUT2D eigenvalue weighted by Crippen LogP contribution is -2.52. The van der Waals surface area contributed by atoms with Gasteiger partial charge in [0.15, 0.2) is 11.5 Å². The van der Waals surface area contributed by atoms with Gasteiger partial charge in [0.05, 0.1) is 6.20 Å². The Kier molecular flexibility index (Phi) is 5.72. The summed E-state index contributed by atoms with van der Waals surface area (Å²) >= 11 is 0. The van der Waals surface area contributed by atoms with Crippen molar-refractivity contribution in [3.63, 3.8) is 0 Å². The van der Waals surface area contributed by atoms with Crippen molar-refractivity contribution in [3.8, 4) is 0 Å². The fraction of sp³-hybridized carbons (Fsp3) is 0.375. The Morgan fingerprint density at radius 2 is 1.89 bits per heavy atom. The molecule has 0 atom stereocenters. The number of nitrogen functional groups attached to an aromatic ring is 1. The third-order valence-corrected chi connectivity index (χ3v) is 6.20. The molecule has 1 fully saturated rings. The molecule has 0 aromatic carbocycles. The molecule has 11 nitrogen and oxygen atoms in total. The Hall–Kier alpha value is -2.83. The van der Waals surface area contributed by atoms with Gasteiger partial charge >= 0.3 is 0 Å². The molecule has 2 aromatic heterocycles. The molecule has 1 aliphatic rings. The van der Waals surface area contributed by atoms with Crippen molar-refractivity contribution in [2.24, 2.45) is 0 Å². The van der Waals surface area contributed by atoms with Crippen molar-refractivity contribution in [1.82, 2.24) is 23.6 Å². The van der Waals surface area contributed by atoms with Gasteiger partial charge in [-0.25, -0.2) is 15.0 Å². The van der Waals surface area contributed by atoms with Gasteiger partial charge in [0, 0.05) is 46.5 Å². The summed E-state index contributed by atoms with van der Waals surface area (Å²) in [5.74, 6) is 0.328. The number of carbonyl (C=O) groups excluding carboxylic acids is 1. The number of hydrogen-bond donors (Lipinski definition) is 2. The predicted octanol–water partition coefficient (Wildman–Crippen LogP) is -0.365. The number of piperazine rings is 1. The number of hydrogen-bond acceptors (Lipinski definition) is 8. The minimum Gasteiger partial charge on any atom is -0.382 e. The highest BCUT2D eigenvalue weighted by Gasteiger charge is 2.29. The molecular weight excluding hydrogens is 384 g/mol. The minimum atomic E-state index is -3.46. The van der Waals surface area contributed by atoms with Crippen LogP contribution in [0.25, 0.3) is 0 Å². The molecule has 2 aromatic rings. The first-order valence-electron chi connectivity index (χ1n) is 8.56. The Balaban J connectivity index is 1.73. The molecule has 1 aliphatic heterocycles. The second-order valence-corrected chi connectivity index (χ2v) is 8.45. The van der Waals surface area contributed by atoms with Gasteiger partial charge in [0.1, 0.15) is 11.6 Å². The molecule has 0 bridgehead atoms. The SMILES string of the molecule is CN(C)S(=O)(=O)N1CCN(c2cnc(N)c(C(=O)Nc3ccccn3)n2)CC1. The molecule has 1 saturated heterocycles. The molecule has 0 radical (unpaired) electrons. The zero-order valence-corrected chi connectivity index (χ0v) is 16.4. The zero-order chi connectivity index (χ0) is 20.3. The van der Waals surface area contributed by atoms with E-state index in [1.165, 1.54) is 28.9 Å². The zero-order valence-electron chi connectivity index (χ0n) is 15.6. The van der Waals surface area contributed by atoms with Crippen molar-refractivity contribution < 1.29 is 13.2 Å². The first kappa shape index (κ1) is 19.9. The van der Waals surface area contributed by atoms with Crippen LogP contribution in [0.2, 0.25) is 0 Å². The van der Waals surface area contributed by atoms with Gasteiger partial charge in [-0.3, -0.25) is 4.79 Å². The maximum absolute atomic E-state index is 12.5. The molecule has 3 rings (SSSR count). The smallest absolute Gasteiger partial charge is 0.281 e. The Morgan fingerprint density at radius 1 is 1.18 bits per heavy atom. The van der Waals surface area contributed by atoms with E-state index in [2.05, 4.69) is 20.3 Å². The summed E-state index contributed by atoms with van der Waals surface area (Å²) in [4.78, 5) is 26.8. The van der Waals surface area contributed by atoms with Crippen LogP contribution in [0.15, 0.2) is 30.6 Å². The molecule has 12 heteroatoms. The van der Waals surface area contributed by atoms with E-state index in [9.17, 15) is 13.2 Å². The number of nitrogens with two attached hydrogens (primary N) is 1. The monoisotopic (exact) mass is 406 g/mol. The van der Waals surface area contributed by atoms with E-state index in [1.807, 2.05) is 4.90 Å². The molecule has 0 spiro atoms. The first-order valence-corrected chi connectivity index (χ1v) is 9.96. The van der Waals surface area contributed by atoms with Gasteiger partial charge in [-0.05, 0) is 12.1 Å². The highest BCUT2D eigenvalue weighted by Crippen LogP contribution is 2.18. The third-order valence-electron chi connectivity index (χ3n) is 4.26. The maximum atomic E-state index is 12.5. The Bertz CT molecular complexity index is 944. The quantitative estimate of drug-likeness (QED) is 0.686. The molecule has 0 saturated carbocycles. The van der Waals surface area contributed by atoms with Crippen LogP contribution >= 0.6 is 0 Å². The molecule has 150 valence electrons. The van der Waals surface area contributed by atoms with E-state index in [-0.39, 0.29) is 11.5 Å². The lowest BCUT2D eigenvalue weighted by molar-refractivity contribution is 0.102. The Labute approximate surface area is 163 Å². The number of anilines is 3. The maximum Gasteiger partial charge on any atom is 0.281 e. The highest BCUT2D eigenvalue weighted by molar-refractivity contribution is 7.86. The number of nitrogens with one attached hydrogen (secondary N) is 1. The summed E-state index contributed by atoms with van der Waals surface area (Å²) < 4.78 is 27.0. The molecule has 3 heterocycles. The summed E-state index contributed by atoms with van der Waals surface area (Å²) in [6, 6.07) is 5.13. The normalized spacial score (nSPS) is 15.6. The molecule has 0 unspecified atom stereocenters. The summed E-state index contributed by atoms with van der Waals surface area (Å²) in [6.07, 6.45) is 3.03. The van der Waals surface area contributed by atoms with E-state index in [0.29, 0.717) is 37.8 Å². The lowest BCUT2D eigenvalue weighted by atomic mass is 10.3. The third kappa shape index (κ3) is 4.18. The largest absolute Gasteiger partial charge is 0.382 e. The molecule has 28 heavy (non-hydrogen) atoms. The number of nitrogens with zero attached hydrogens (tertiary/aromatic N) is 6. The van der Waals surface area contributed by atoms with Gasteiger partial charge in [0.25, 0.3) is 16.1 Å². The Morgan fingerprint density at radius 3 is 2.50 bits per heavy atom. The van der Waals surface area contributed by atoms with E-state index in [4.69, 9.17) is 5.73 Å². The van der Waals surface area contributed by atoms with Crippen LogP contribution in [0.1, 0.15) is 10.5 Å². The number of aromatic nitrogens is 3.